The molecule has 0 spiro atoms. The van der Waals surface area contributed by atoms with Crippen LogP contribution in [-0.4, -0.2) is 47.0 Å². The third-order valence-electron chi connectivity index (χ3n) is 5.54. The molecule has 5 rings (SSSR count). The van der Waals surface area contributed by atoms with Gasteiger partial charge in [0, 0.05) is 36.1 Å². The van der Waals surface area contributed by atoms with Crippen LogP contribution < -0.4 is 10.2 Å². The van der Waals surface area contributed by atoms with Gasteiger partial charge in [-0.05, 0) is 31.0 Å². The van der Waals surface area contributed by atoms with Gasteiger partial charge in [0.05, 0.1) is 12.8 Å². The van der Waals surface area contributed by atoms with Gasteiger partial charge >= 0.3 is 5.97 Å². The molecule has 1 saturated heterocycles. The number of hydrogen-bond donors (Lipinski definition) is 2. The van der Waals surface area contributed by atoms with E-state index < -0.39 is 5.97 Å². The first-order chi connectivity index (χ1) is 15.6. The number of aromatic nitrogens is 3. The van der Waals surface area contributed by atoms with Crippen molar-refractivity contribution in [2.45, 2.75) is 12.8 Å². The van der Waals surface area contributed by atoms with Crippen molar-refractivity contribution in [1.29, 1.82) is 0 Å². The quantitative estimate of drug-likeness (QED) is 0.442. The number of thiazole rings is 1. The summed E-state index contributed by atoms with van der Waals surface area (Å²) < 4.78 is 10.5. The number of oxazole rings is 1. The predicted octanol–water partition coefficient (Wildman–Crippen LogP) is 3.92. The third-order valence-corrected chi connectivity index (χ3v) is 6.29. The topological polar surface area (TPSA) is 113 Å². The molecule has 1 aliphatic rings. The Morgan fingerprint density at radius 1 is 1.25 bits per heavy atom. The number of aromatic amines is 1. The van der Waals surface area contributed by atoms with E-state index in [1.165, 1.54) is 18.4 Å². The molecule has 1 aliphatic heterocycles. The lowest BCUT2D eigenvalue weighted by Gasteiger charge is -2.29. The van der Waals surface area contributed by atoms with Crippen molar-refractivity contribution in [2.75, 3.05) is 30.4 Å². The normalized spacial score (nSPS) is 14.6. The fraction of sp³-hybridized carbons (Fsp3) is 0.273. The Morgan fingerprint density at radius 3 is 2.84 bits per heavy atom. The molecule has 0 atom stereocenters. The van der Waals surface area contributed by atoms with Gasteiger partial charge in [-0.3, -0.25) is 4.79 Å². The monoisotopic (exact) mass is 451 g/mol. The Hall–Kier alpha value is -3.66. The van der Waals surface area contributed by atoms with Gasteiger partial charge in [-0.2, -0.15) is 4.98 Å². The van der Waals surface area contributed by atoms with Crippen LogP contribution in [0.1, 0.15) is 23.3 Å². The molecule has 0 aliphatic carbocycles. The lowest BCUT2D eigenvalue weighted by Crippen LogP contribution is -2.38. The van der Waals surface area contributed by atoms with Gasteiger partial charge in [0.25, 0.3) is 6.01 Å². The molecule has 1 fully saturated rings. The molecule has 32 heavy (non-hydrogen) atoms. The molecule has 4 aromatic rings. The van der Waals surface area contributed by atoms with E-state index in [0.717, 1.165) is 16.7 Å². The number of rotatable bonds is 5. The fourth-order valence-corrected chi connectivity index (χ4v) is 4.49. The van der Waals surface area contributed by atoms with Crippen molar-refractivity contribution in [3.05, 3.63) is 47.6 Å². The molecule has 4 heterocycles. The van der Waals surface area contributed by atoms with Crippen LogP contribution >= 0.6 is 11.3 Å². The maximum absolute atomic E-state index is 12.8. The molecule has 2 N–H and O–H groups in total. The molecular weight excluding hydrogens is 430 g/mol. The minimum absolute atomic E-state index is 0.0348. The van der Waals surface area contributed by atoms with E-state index in [1.54, 1.807) is 12.3 Å². The fourth-order valence-electron chi connectivity index (χ4n) is 3.77. The number of piperidine rings is 1. The smallest absolute Gasteiger partial charge is 0.354 e. The summed E-state index contributed by atoms with van der Waals surface area (Å²) in [4.78, 5) is 38.3. The van der Waals surface area contributed by atoms with E-state index in [-0.39, 0.29) is 11.8 Å². The summed E-state index contributed by atoms with van der Waals surface area (Å²) in [6, 6.07) is 9.96. The highest BCUT2D eigenvalue weighted by Gasteiger charge is 2.28. The minimum Gasteiger partial charge on any atom is -0.464 e. The molecule has 0 bridgehead atoms. The minimum atomic E-state index is -0.441. The highest BCUT2D eigenvalue weighted by atomic mass is 32.1. The Balaban J connectivity index is 1.18. The number of carbonyl (C=O) groups excluding carboxylic acids is 2. The maximum Gasteiger partial charge on any atom is 0.354 e. The highest BCUT2D eigenvalue weighted by molar-refractivity contribution is 7.14. The zero-order valence-electron chi connectivity index (χ0n) is 17.3. The molecule has 10 heteroatoms. The van der Waals surface area contributed by atoms with E-state index in [2.05, 4.69) is 25.2 Å². The molecule has 1 amide bonds. The summed E-state index contributed by atoms with van der Waals surface area (Å²) in [5, 5.41) is 5.31. The molecule has 0 unspecified atom stereocenters. The Bertz CT molecular complexity index is 1240. The number of anilines is 2. The van der Waals surface area contributed by atoms with Gasteiger partial charge in [-0.1, -0.05) is 12.1 Å². The van der Waals surface area contributed by atoms with Crippen LogP contribution in [0.4, 0.5) is 11.1 Å². The van der Waals surface area contributed by atoms with Crippen LogP contribution in [0.5, 0.6) is 0 Å². The third kappa shape index (κ3) is 3.96. The first-order valence-electron chi connectivity index (χ1n) is 10.2. The number of para-hydroxylation sites is 2. The SMILES string of the molecule is COC(=O)c1cc(-c2csc(NC(=O)C3CCN(c4nc5ccccc5o4)CC3)n2)c[nH]1. The second-order valence-corrected chi connectivity index (χ2v) is 8.40. The number of carbonyl (C=O) groups is 2. The standard InChI is InChI=1S/C22H21N5O4S/c1-30-20(29)16-10-14(11-23-16)17-12-32-21(24-17)26-19(28)13-6-8-27(9-7-13)22-25-15-4-2-3-5-18(15)31-22/h2-5,10-13,23H,6-9H2,1H3,(H,24,26,28). The van der Waals surface area contributed by atoms with Crippen LogP contribution in [0.3, 0.4) is 0 Å². The molecule has 164 valence electrons. The van der Waals surface area contributed by atoms with Crippen LogP contribution in [-0.2, 0) is 9.53 Å². The molecular formula is C22H21N5O4S. The van der Waals surface area contributed by atoms with Crippen molar-refractivity contribution in [3.8, 4) is 11.3 Å². The molecule has 9 nitrogen and oxygen atoms in total. The predicted molar refractivity (Wildman–Crippen MR) is 121 cm³/mol. The summed E-state index contributed by atoms with van der Waals surface area (Å²) in [6.45, 7) is 1.40. The lowest BCUT2D eigenvalue weighted by molar-refractivity contribution is -0.120. The van der Waals surface area contributed by atoms with E-state index in [1.807, 2.05) is 29.6 Å². The summed E-state index contributed by atoms with van der Waals surface area (Å²) >= 11 is 1.35. The van der Waals surface area contributed by atoms with Crippen LogP contribution in [0, 0.1) is 5.92 Å². The summed E-state index contributed by atoms with van der Waals surface area (Å²) in [5.74, 6) is -0.571. The average molecular weight is 452 g/mol. The van der Waals surface area contributed by atoms with Crippen molar-refractivity contribution in [2.24, 2.45) is 5.92 Å². The van der Waals surface area contributed by atoms with E-state index in [0.29, 0.717) is 48.5 Å². The Morgan fingerprint density at radius 2 is 2.06 bits per heavy atom. The number of fused-ring (bicyclic) bond motifs is 1. The largest absolute Gasteiger partial charge is 0.464 e. The second kappa shape index (κ2) is 8.46. The summed E-state index contributed by atoms with van der Waals surface area (Å²) in [7, 11) is 1.33. The molecule has 1 aromatic carbocycles. The second-order valence-electron chi connectivity index (χ2n) is 7.55. The van der Waals surface area contributed by atoms with E-state index >= 15 is 0 Å². The average Bonchev–Trinajstić information content (AvgIpc) is 3.57. The van der Waals surface area contributed by atoms with Crippen LogP contribution in [0.15, 0.2) is 46.3 Å². The van der Waals surface area contributed by atoms with Crippen molar-refractivity contribution < 1.29 is 18.7 Å². The van der Waals surface area contributed by atoms with Gasteiger partial charge in [-0.15, -0.1) is 11.3 Å². The Kier molecular flexibility index (Phi) is 5.36. The number of nitrogens with one attached hydrogen (secondary N) is 2. The van der Waals surface area contributed by atoms with E-state index in [4.69, 9.17) is 9.15 Å². The highest BCUT2D eigenvalue weighted by Crippen LogP contribution is 2.29. The van der Waals surface area contributed by atoms with Gasteiger partial charge in [0.15, 0.2) is 10.7 Å². The van der Waals surface area contributed by atoms with Gasteiger partial charge in [-0.25, -0.2) is 9.78 Å². The molecule has 0 radical (unpaired) electrons. The number of methoxy groups -OCH3 is 1. The summed E-state index contributed by atoms with van der Waals surface area (Å²) in [6.07, 6.45) is 3.11. The zero-order valence-corrected chi connectivity index (χ0v) is 18.1. The number of hydrogen-bond acceptors (Lipinski definition) is 8. The van der Waals surface area contributed by atoms with Crippen LogP contribution in [0.25, 0.3) is 22.4 Å². The first-order valence-corrected chi connectivity index (χ1v) is 11.1. The maximum atomic E-state index is 12.8. The van der Waals surface area contributed by atoms with E-state index in [9.17, 15) is 9.59 Å². The first kappa shape index (κ1) is 20.3. The molecule has 3 aromatic heterocycles. The van der Waals surface area contributed by atoms with Crippen molar-refractivity contribution in [1.82, 2.24) is 15.0 Å². The lowest BCUT2D eigenvalue weighted by atomic mass is 9.96. The number of esters is 1. The number of amides is 1. The zero-order chi connectivity index (χ0) is 22.1. The van der Waals surface area contributed by atoms with Crippen LogP contribution in [0.2, 0.25) is 0 Å². The van der Waals surface area contributed by atoms with Gasteiger partial charge < -0.3 is 24.4 Å². The number of benzene rings is 1. The van der Waals surface area contributed by atoms with Gasteiger partial charge in [0.2, 0.25) is 5.91 Å². The van der Waals surface area contributed by atoms with Crippen molar-refractivity contribution in [3.63, 3.8) is 0 Å². The Labute approximate surface area is 187 Å². The van der Waals surface area contributed by atoms with Gasteiger partial charge in [0.1, 0.15) is 11.2 Å². The number of nitrogens with zero attached hydrogens (tertiary/aromatic N) is 3. The summed E-state index contributed by atoms with van der Waals surface area (Å²) in [5.41, 5.74) is 3.40. The molecule has 0 saturated carbocycles. The van der Waals surface area contributed by atoms with Crippen molar-refractivity contribution >= 4 is 45.5 Å². The number of H-pyrrole nitrogens is 1. The number of ether oxygens (including phenoxy) is 1.